The number of nitrogens with zero attached hydrogens (tertiary/aromatic N) is 5. The van der Waals surface area contributed by atoms with Crippen molar-refractivity contribution < 1.29 is 13.7 Å². The molecule has 4 rings (SSSR count). The highest BCUT2D eigenvalue weighted by atomic mass is 19.1. The SMILES string of the molecule is CCCn1nc2n(c1=O)CCN(C(=O)CCc1conc1-c1ccccc1F)C2. The minimum atomic E-state index is -0.384. The van der Waals surface area contributed by atoms with Crippen LogP contribution in [0.1, 0.15) is 31.2 Å². The second-order valence-electron chi connectivity index (χ2n) is 7.06. The third-order valence-corrected chi connectivity index (χ3v) is 5.09. The van der Waals surface area contributed by atoms with Crippen LogP contribution in [0.25, 0.3) is 11.3 Å². The first-order valence-electron chi connectivity index (χ1n) is 9.71. The maximum atomic E-state index is 14.1. The Morgan fingerprint density at radius 3 is 2.90 bits per heavy atom. The summed E-state index contributed by atoms with van der Waals surface area (Å²) in [4.78, 5) is 26.7. The Morgan fingerprint density at radius 2 is 2.10 bits per heavy atom. The van der Waals surface area contributed by atoms with Gasteiger partial charge in [-0.1, -0.05) is 24.2 Å². The third-order valence-electron chi connectivity index (χ3n) is 5.09. The van der Waals surface area contributed by atoms with E-state index in [1.807, 2.05) is 6.92 Å². The summed E-state index contributed by atoms with van der Waals surface area (Å²) in [7, 11) is 0. The van der Waals surface area contributed by atoms with Gasteiger partial charge in [0, 0.05) is 37.2 Å². The second-order valence-corrected chi connectivity index (χ2v) is 7.06. The number of hydrogen-bond donors (Lipinski definition) is 0. The Labute approximate surface area is 166 Å². The van der Waals surface area contributed by atoms with E-state index in [0.717, 1.165) is 6.42 Å². The molecule has 29 heavy (non-hydrogen) atoms. The highest BCUT2D eigenvalue weighted by Gasteiger charge is 2.25. The monoisotopic (exact) mass is 399 g/mol. The molecule has 0 aliphatic carbocycles. The van der Waals surface area contributed by atoms with E-state index in [0.29, 0.717) is 55.2 Å². The molecule has 0 N–H and O–H groups in total. The fourth-order valence-electron chi connectivity index (χ4n) is 3.58. The van der Waals surface area contributed by atoms with Crippen molar-refractivity contribution in [1.82, 2.24) is 24.4 Å². The lowest BCUT2D eigenvalue weighted by molar-refractivity contribution is -0.132. The van der Waals surface area contributed by atoms with E-state index < -0.39 is 0 Å². The molecule has 1 aliphatic heterocycles. The van der Waals surface area contributed by atoms with Crippen LogP contribution in [0.2, 0.25) is 0 Å². The average Bonchev–Trinajstić information content (AvgIpc) is 3.31. The molecular formula is C20H22FN5O3. The molecule has 0 atom stereocenters. The quantitative estimate of drug-likeness (QED) is 0.634. The summed E-state index contributed by atoms with van der Waals surface area (Å²) < 4.78 is 22.2. The number of rotatable bonds is 6. The first-order valence-corrected chi connectivity index (χ1v) is 9.71. The standard InChI is InChI=1S/C20H22FN5O3/c1-2-9-26-20(28)25-11-10-24(12-17(25)22-26)18(27)8-7-14-13-29-23-19(14)15-5-3-4-6-16(15)21/h3-6,13H,2,7-12H2,1H3. The van der Waals surface area contributed by atoms with Gasteiger partial charge < -0.3 is 9.42 Å². The van der Waals surface area contributed by atoms with Crippen LogP contribution in [-0.2, 0) is 30.8 Å². The number of carbonyl (C=O) groups excluding carboxylic acids is 1. The second kappa shape index (κ2) is 8.02. The number of aryl methyl sites for hydroxylation is 2. The molecule has 1 amide bonds. The van der Waals surface area contributed by atoms with E-state index in [4.69, 9.17) is 4.52 Å². The lowest BCUT2D eigenvalue weighted by atomic mass is 10.0. The Balaban J connectivity index is 1.43. The van der Waals surface area contributed by atoms with Crippen LogP contribution in [0.4, 0.5) is 4.39 Å². The topological polar surface area (TPSA) is 86.2 Å². The van der Waals surface area contributed by atoms with Crippen LogP contribution in [0.3, 0.4) is 0 Å². The summed E-state index contributed by atoms with van der Waals surface area (Å²) in [5.74, 6) is 0.181. The average molecular weight is 399 g/mol. The molecule has 152 valence electrons. The lowest BCUT2D eigenvalue weighted by Gasteiger charge is -2.26. The summed E-state index contributed by atoms with van der Waals surface area (Å²) in [6, 6.07) is 6.34. The van der Waals surface area contributed by atoms with Crippen molar-refractivity contribution in [2.45, 2.75) is 45.8 Å². The van der Waals surface area contributed by atoms with Crippen LogP contribution < -0.4 is 5.69 Å². The van der Waals surface area contributed by atoms with Gasteiger partial charge in [-0.2, -0.15) is 5.10 Å². The van der Waals surface area contributed by atoms with Gasteiger partial charge in [-0.3, -0.25) is 9.36 Å². The number of aromatic nitrogens is 4. The molecule has 3 aromatic rings. The largest absolute Gasteiger partial charge is 0.364 e. The van der Waals surface area contributed by atoms with Crippen LogP contribution in [-0.4, -0.2) is 36.9 Å². The molecule has 0 saturated carbocycles. The van der Waals surface area contributed by atoms with Crippen LogP contribution in [0, 0.1) is 5.82 Å². The first-order chi connectivity index (χ1) is 14.1. The van der Waals surface area contributed by atoms with E-state index in [1.54, 1.807) is 27.7 Å². The zero-order valence-electron chi connectivity index (χ0n) is 16.2. The van der Waals surface area contributed by atoms with Gasteiger partial charge in [-0.05, 0) is 25.0 Å². The summed E-state index contributed by atoms with van der Waals surface area (Å²) in [5.41, 5.74) is 1.34. The van der Waals surface area contributed by atoms with Crippen molar-refractivity contribution in [1.29, 1.82) is 0 Å². The van der Waals surface area contributed by atoms with Gasteiger partial charge in [-0.15, -0.1) is 0 Å². The van der Waals surface area contributed by atoms with Gasteiger partial charge in [-0.25, -0.2) is 13.9 Å². The Hall–Kier alpha value is -3.23. The number of amides is 1. The van der Waals surface area contributed by atoms with Crippen LogP contribution in [0.5, 0.6) is 0 Å². The highest BCUT2D eigenvalue weighted by Crippen LogP contribution is 2.26. The maximum Gasteiger partial charge on any atom is 0.346 e. The number of carbonyl (C=O) groups is 1. The Kier molecular flexibility index (Phi) is 5.28. The van der Waals surface area contributed by atoms with E-state index in [-0.39, 0.29) is 23.8 Å². The van der Waals surface area contributed by atoms with Crippen molar-refractivity contribution in [3.05, 3.63) is 58.2 Å². The Morgan fingerprint density at radius 1 is 1.28 bits per heavy atom. The summed E-state index contributed by atoms with van der Waals surface area (Å²) in [6.45, 7) is 3.78. The minimum absolute atomic E-state index is 0.0468. The fraction of sp³-hybridized carbons (Fsp3) is 0.400. The molecule has 0 radical (unpaired) electrons. The number of halogens is 1. The molecule has 3 heterocycles. The van der Waals surface area contributed by atoms with E-state index >= 15 is 0 Å². The summed E-state index contributed by atoms with van der Waals surface area (Å²) >= 11 is 0. The highest BCUT2D eigenvalue weighted by molar-refractivity contribution is 5.77. The van der Waals surface area contributed by atoms with Gasteiger partial charge in [0.1, 0.15) is 17.8 Å². The molecule has 1 aromatic carbocycles. The number of benzene rings is 1. The molecule has 8 nitrogen and oxygen atoms in total. The van der Waals surface area contributed by atoms with E-state index in [2.05, 4.69) is 10.3 Å². The normalized spacial score (nSPS) is 13.5. The summed E-state index contributed by atoms with van der Waals surface area (Å²) in [5, 5.41) is 8.26. The maximum absolute atomic E-state index is 14.1. The van der Waals surface area contributed by atoms with Crippen LogP contribution in [0.15, 0.2) is 39.8 Å². The fourth-order valence-corrected chi connectivity index (χ4v) is 3.58. The van der Waals surface area contributed by atoms with Gasteiger partial charge >= 0.3 is 5.69 Å². The molecule has 0 unspecified atom stereocenters. The molecular weight excluding hydrogens is 377 g/mol. The van der Waals surface area contributed by atoms with E-state index in [9.17, 15) is 14.0 Å². The van der Waals surface area contributed by atoms with Gasteiger partial charge in [0.05, 0.1) is 6.54 Å². The molecule has 9 heteroatoms. The van der Waals surface area contributed by atoms with E-state index in [1.165, 1.54) is 17.0 Å². The van der Waals surface area contributed by atoms with Crippen molar-refractivity contribution in [3.8, 4) is 11.3 Å². The van der Waals surface area contributed by atoms with Gasteiger partial charge in [0.15, 0.2) is 5.82 Å². The lowest BCUT2D eigenvalue weighted by Crippen LogP contribution is -2.41. The van der Waals surface area contributed by atoms with Crippen molar-refractivity contribution in [2.24, 2.45) is 0 Å². The minimum Gasteiger partial charge on any atom is -0.364 e. The molecule has 0 bridgehead atoms. The third kappa shape index (κ3) is 3.72. The van der Waals surface area contributed by atoms with Crippen molar-refractivity contribution in [2.75, 3.05) is 6.54 Å². The molecule has 2 aromatic heterocycles. The van der Waals surface area contributed by atoms with Gasteiger partial charge in [0.25, 0.3) is 0 Å². The molecule has 0 spiro atoms. The van der Waals surface area contributed by atoms with Gasteiger partial charge in [0.2, 0.25) is 5.91 Å². The van der Waals surface area contributed by atoms with Crippen LogP contribution >= 0.6 is 0 Å². The number of hydrogen-bond acceptors (Lipinski definition) is 5. The van der Waals surface area contributed by atoms with Crippen molar-refractivity contribution >= 4 is 5.91 Å². The molecule has 0 saturated heterocycles. The smallest absolute Gasteiger partial charge is 0.346 e. The molecule has 1 aliphatic rings. The number of fused-ring (bicyclic) bond motifs is 1. The summed E-state index contributed by atoms with van der Waals surface area (Å²) in [6.07, 6.45) is 2.90. The predicted octanol–water partition coefficient (Wildman–Crippen LogP) is 2.22. The molecule has 0 fully saturated rings. The van der Waals surface area contributed by atoms with Crippen molar-refractivity contribution in [3.63, 3.8) is 0 Å². The predicted molar refractivity (Wildman–Crippen MR) is 102 cm³/mol. The Bertz CT molecular complexity index is 1080. The first kappa shape index (κ1) is 19.1. The zero-order valence-corrected chi connectivity index (χ0v) is 16.2. The zero-order chi connectivity index (χ0) is 20.4.